The number of allylic oxidation sites excluding steroid dienone is 1. The molecule has 0 bridgehead atoms. The molecular weight excluding hydrogens is 348 g/mol. The molecule has 3 aliphatic rings. The van der Waals surface area contributed by atoms with Gasteiger partial charge in [0.1, 0.15) is 0 Å². The number of ether oxygens (including phenoxy) is 3. The Morgan fingerprint density at radius 1 is 1.07 bits per heavy atom. The molecule has 4 unspecified atom stereocenters. The standard InChI is InChI=1S/C21H32O6/c1-14-5-7-16(22)8-6-15-12-17(27-21-4-2-3-11-25-21)13-18(15)19(23)9-10-20(24)26-14/h6,8-10,14-19,21-23H,2-5,7,11-13H2,1H3/b8-6+,10-9?/t14?,15?,16-,17+,18?,19-,21?/m1/s1. The summed E-state index contributed by atoms with van der Waals surface area (Å²) < 4.78 is 17.1. The van der Waals surface area contributed by atoms with Crippen LogP contribution in [0.4, 0.5) is 0 Å². The monoisotopic (exact) mass is 380 g/mol. The first-order chi connectivity index (χ1) is 13.0. The van der Waals surface area contributed by atoms with E-state index >= 15 is 0 Å². The highest BCUT2D eigenvalue weighted by Crippen LogP contribution is 2.39. The van der Waals surface area contributed by atoms with Crippen molar-refractivity contribution in [2.45, 2.75) is 82.6 Å². The van der Waals surface area contributed by atoms with E-state index in [1.807, 2.05) is 13.0 Å². The Bertz CT molecular complexity index is 539. The molecule has 1 saturated carbocycles. The van der Waals surface area contributed by atoms with Gasteiger partial charge in [0.2, 0.25) is 0 Å². The van der Waals surface area contributed by atoms with Crippen molar-refractivity contribution < 1.29 is 29.2 Å². The van der Waals surface area contributed by atoms with Gasteiger partial charge in [-0.05, 0) is 69.8 Å². The van der Waals surface area contributed by atoms with Gasteiger partial charge in [-0.15, -0.1) is 0 Å². The third kappa shape index (κ3) is 6.14. The third-order valence-electron chi connectivity index (χ3n) is 5.74. The number of carbonyl (C=O) groups excluding carboxylic acids is 1. The van der Waals surface area contributed by atoms with Crippen LogP contribution in [0.1, 0.15) is 51.9 Å². The molecule has 2 heterocycles. The molecule has 0 spiro atoms. The number of hydrogen-bond acceptors (Lipinski definition) is 6. The summed E-state index contributed by atoms with van der Waals surface area (Å²) >= 11 is 0. The molecule has 6 nitrogen and oxygen atoms in total. The molecule has 7 atom stereocenters. The molecule has 0 aromatic carbocycles. The fourth-order valence-electron chi connectivity index (χ4n) is 4.20. The van der Waals surface area contributed by atoms with Gasteiger partial charge in [-0.25, -0.2) is 4.79 Å². The minimum absolute atomic E-state index is 0.00724. The van der Waals surface area contributed by atoms with Crippen LogP contribution in [0, 0.1) is 11.8 Å². The largest absolute Gasteiger partial charge is 0.460 e. The second kappa shape index (κ2) is 9.82. The number of carbonyl (C=O) groups is 1. The van der Waals surface area contributed by atoms with Gasteiger partial charge in [-0.2, -0.15) is 0 Å². The van der Waals surface area contributed by atoms with Crippen molar-refractivity contribution in [2.24, 2.45) is 11.8 Å². The first-order valence-electron chi connectivity index (χ1n) is 10.2. The second-order valence-corrected chi connectivity index (χ2v) is 7.98. The Morgan fingerprint density at radius 2 is 1.93 bits per heavy atom. The average Bonchev–Trinajstić information content (AvgIpc) is 3.05. The maximum Gasteiger partial charge on any atom is 0.330 e. The van der Waals surface area contributed by atoms with Crippen LogP contribution in [-0.2, 0) is 19.0 Å². The lowest BCUT2D eigenvalue weighted by Crippen LogP contribution is -2.27. The molecule has 1 aliphatic carbocycles. The van der Waals surface area contributed by atoms with Gasteiger partial charge >= 0.3 is 5.97 Å². The Morgan fingerprint density at radius 3 is 2.70 bits per heavy atom. The highest BCUT2D eigenvalue weighted by atomic mass is 16.7. The van der Waals surface area contributed by atoms with E-state index in [2.05, 4.69) is 0 Å². The van der Waals surface area contributed by atoms with E-state index in [0.29, 0.717) is 19.3 Å². The number of cyclic esters (lactones) is 1. The number of aliphatic hydroxyl groups excluding tert-OH is 2. The molecule has 2 fully saturated rings. The fourth-order valence-corrected chi connectivity index (χ4v) is 4.20. The van der Waals surface area contributed by atoms with Crippen molar-refractivity contribution in [3.05, 3.63) is 24.3 Å². The summed E-state index contributed by atoms with van der Waals surface area (Å²) in [4.78, 5) is 11.9. The molecule has 2 aliphatic heterocycles. The maximum atomic E-state index is 11.9. The Labute approximate surface area is 161 Å². The molecule has 0 amide bonds. The van der Waals surface area contributed by atoms with E-state index in [0.717, 1.165) is 32.3 Å². The minimum atomic E-state index is -0.763. The predicted octanol–water partition coefficient (Wildman–Crippen LogP) is 2.48. The van der Waals surface area contributed by atoms with E-state index in [-0.39, 0.29) is 30.3 Å². The lowest BCUT2D eigenvalue weighted by molar-refractivity contribution is -0.187. The van der Waals surface area contributed by atoms with Gasteiger partial charge in [0.25, 0.3) is 0 Å². The minimum Gasteiger partial charge on any atom is -0.460 e. The van der Waals surface area contributed by atoms with Gasteiger partial charge in [0.15, 0.2) is 6.29 Å². The first kappa shape index (κ1) is 20.5. The molecular formula is C21H32O6. The zero-order valence-electron chi connectivity index (χ0n) is 16.0. The molecule has 0 aromatic rings. The molecule has 27 heavy (non-hydrogen) atoms. The van der Waals surface area contributed by atoms with Gasteiger partial charge < -0.3 is 24.4 Å². The second-order valence-electron chi connectivity index (χ2n) is 7.98. The van der Waals surface area contributed by atoms with Crippen LogP contribution >= 0.6 is 0 Å². The molecule has 152 valence electrons. The van der Waals surface area contributed by atoms with Crippen molar-refractivity contribution in [2.75, 3.05) is 6.61 Å². The van der Waals surface area contributed by atoms with Crippen molar-refractivity contribution in [3.8, 4) is 0 Å². The van der Waals surface area contributed by atoms with Crippen LogP contribution in [0.3, 0.4) is 0 Å². The van der Waals surface area contributed by atoms with E-state index in [4.69, 9.17) is 14.2 Å². The molecule has 2 N–H and O–H groups in total. The van der Waals surface area contributed by atoms with E-state index in [1.54, 1.807) is 6.08 Å². The zero-order valence-corrected chi connectivity index (χ0v) is 16.0. The van der Waals surface area contributed by atoms with Crippen LogP contribution in [0.5, 0.6) is 0 Å². The highest BCUT2D eigenvalue weighted by molar-refractivity contribution is 5.82. The normalized spacial score (nSPS) is 42.3. The predicted molar refractivity (Wildman–Crippen MR) is 99.8 cm³/mol. The number of hydrogen-bond donors (Lipinski definition) is 2. The quantitative estimate of drug-likeness (QED) is 0.566. The van der Waals surface area contributed by atoms with E-state index in [1.165, 1.54) is 12.2 Å². The molecule has 3 rings (SSSR count). The Balaban J connectivity index is 1.69. The Kier molecular flexibility index (Phi) is 7.47. The van der Waals surface area contributed by atoms with E-state index in [9.17, 15) is 15.0 Å². The van der Waals surface area contributed by atoms with Crippen LogP contribution in [0.25, 0.3) is 0 Å². The van der Waals surface area contributed by atoms with Crippen LogP contribution < -0.4 is 0 Å². The Hall–Kier alpha value is -1.21. The summed E-state index contributed by atoms with van der Waals surface area (Å²) in [5.74, 6) is -0.437. The summed E-state index contributed by atoms with van der Waals surface area (Å²) in [5, 5.41) is 20.8. The molecule has 6 heteroatoms. The third-order valence-corrected chi connectivity index (χ3v) is 5.74. The van der Waals surface area contributed by atoms with Crippen LogP contribution in [0.2, 0.25) is 0 Å². The molecule has 0 aromatic heterocycles. The maximum absolute atomic E-state index is 11.9. The summed E-state index contributed by atoms with van der Waals surface area (Å²) in [5.41, 5.74) is 0. The summed E-state index contributed by atoms with van der Waals surface area (Å²) in [6.45, 7) is 2.55. The van der Waals surface area contributed by atoms with Gasteiger partial charge in [0.05, 0.1) is 24.4 Å². The number of rotatable bonds is 2. The van der Waals surface area contributed by atoms with Crippen molar-refractivity contribution in [3.63, 3.8) is 0 Å². The zero-order chi connectivity index (χ0) is 19.2. The van der Waals surface area contributed by atoms with Crippen LogP contribution in [-0.4, -0.2) is 53.5 Å². The number of esters is 1. The van der Waals surface area contributed by atoms with Crippen molar-refractivity contribution in [1.82, 2.24) is 0 Å². The molecule has 1 saturated heterocycles. The van der Waals surface area contributed by atoms with Gasteiger partial charge in [-0.1, -0.05) is 12.2 Å². The summed E-state index contributed by atoms with van der Waals surface area (Å²) in [7, 11) is 0. The number of fused-ring (bicyclic) bond motifs is 1. The van der Waals surface area contributed by atoms with Crippen molar-refractivity contribution >= 4 is 5.97 Å². The van der Waals surface area contributed by atoms with Gasteiger partial charge in [-0.3, -0.25) is 0 Å². The van der Waals surface area contributed by atoms with Gasteiger partial charge in [0, 0.05) is 12.7 Å². The highest BCUT2D eigenvalue weighted by Gasteiger charge is 2.38. The summed E-state index contributed by atoms with van der Waals surface area (Å²) in [6.07, 6.45) is 10.6. The SMILES string of the molecule is CC1CC[C@@H](O)/C=C/C2C[C@H](OC3CCCCO3)CC2[C@H](O)C=CC(=O)O1. The first-order valence-corrected chi connectivity index (χ1v) is 10.2. The summed E-state index contributed by atoms with van der Waals surface area (Å²) in [6, 6.07) is 0. The fraction of sp³-hybridized carbons (Fsp3) is 0.762. The number of aliphatic hydroxyl groups is 2. The lowest BCUT2D eigenvalue weighted by Gasteiger charge is -2.26. The smallest absolute Gasteiger partial charge is 0.330 e. The molecule has 0 radical (unpaired) electrons. The lowest BCUT2D eigenvalue weighted by atomic mass is 9.89. The average molecular weight is 380 g/mol. The topological polar surface area (TPSA) is 85.2 Å². The van der Waals surface area contributed by atoms with Crippen molar-refractivity contribution in [1.29, 1.82) is 0 Å². The van der Waals surface area contributed by atoms with E-state index < -0.39 is 18.2 Å². The van der Waals surface area contributed by atoms with Crippen LogP contribution in [0.15, 0.2) is 24.3 Å².